The van der Waals surface area contributed by atoms with Crippen LogP contribution < -0.4 is 4.90 Å². The molecule has 0 fully saturated rings. The first-order chi connectivity index (χ1) is 24.7. The summed E-state index contributed by atoms with van der Waals surface area (Å²) in [4.78, 5) is 1.86. The molecule has 0 aliphatic rings. The Bertz CT molecular complexity index is 2890. The number of rotatable bonds is 4. The maximum atomic E-state index is 9.37. The van der Waals surface area contributed by atoms with Gasteiger partial charge in [-0.25, -0.2) is 0 Å². The molecule has 0 atom stereocenters. The summed E-state index contributed by atoms with van der Waals surface area (Å²) in [6.45, 7) is 0. The van der Waals surface area contributed by atoms with Crippen LogP contribution in [0.15, 0.2) is 168 Å². The van der Waals surface area contributed by atoms with E-state index in [-0.39, 0.29) is 57.8 Å². The molecule has 0 radical (unpaired) electrons. The molecule has 9 aromatic rings. The summed E-state index contributed by atoms with van der Waals surface area (Å²) in [5.74, 6) is 0. The van der Waals surface area contributed by atoms with Gasteiger partial charge in [-0.05, 0) is 68.3 Å². The van der Waals surface area contributed by atoms with Gasteiger partial charge in [0.05, 0.1) is 21.0 Å². The van der Waals surface area contributed by atoms with Gasteiger partial charge in [-0.1, -0.05) is 133 Å². The van der Waals surface area contributed by atoms with Gasteiger partial charge in [0, 0.05) is 21.8 Å². The van der Waals surface area contributed by atoms with Crippen LogP contribution in [0.1, 0.15) is 9.60 Å². The molecule has 2 nitrogen and oxygen atoms in total. The molecule has 0 aliphatic heterocycles. The number of anilines is 3. The molecular weight excluding hydrogens is 534 g/mol. The highest BCUT2D eigenvalue weighted by Crippen LogP contribution is 2.46. The molecule has 0 saturated heterocycles. The molecule has 8 aromatic carbocycles. The third-order valence-corrected chi connectivity index (χ3v) is 8.35. The second-order valence-electron chi connectivity index (χ2n) is 10.8. The summed E-state index contributed by atoms with van der Waals surface area (Å²) in [5.41, 5.74) is 3.51. The number of para-hydroxylation sites is 2. The highest BCUT2D eigenvalue weighted by Gasteiger charge is 2.22. The predicted molar refractivity (Wildman–Crippen MR) is 186 cm³/mol. The van der Waals surface area contributed by atoms with Crippen LogP contribution in [0, 0.1) is 0 Å². The number of fused-ring (bicyclic) bond motifs is 7. The van der Waals surface area contributed by atoms with Gasteiger partial charge in [0.1, 0.15) is 5.58 Å². The molecule has 0 spiro atoms. The summed E-state index contributed by atoms with van der Waals surface area (Å²) in [7, 11) is 0. The standard InChI is InChI=1S/C42H27NO/c1-3-14-32-28(11-1)13-9-19-33(32)29-23-25-31(26-24-29)43(39-21-10-20-38-37-18-7-8-22-41(37)44-42(38)39)40-27-30-12-2-4-15-34(30)35-16-5-6-17-36(35)40/h1-27H/i7D,8D,10D,18D,20D,21D,22D. The molecule has 0 N–H and O–H groups in total. The largest absolute Gasteiger partial charge is 0.454 e. The maximum Gasteiger partial charge on any atom is 0.159 e. The quantitative estimate of drug-likeness (QED) is 0.196. The third-order valence-electron chi connectivity index (χ3n) is 8.35. The Morgan fingerprint density at radius 1 is 0.477 bits per heavy atom. The van der Waals surface area contributed by atoms with E-state index in [9.17, 15) is 1.37 Å². The molecule has 0 aliphatic carbocycles. The second-order valence-corrected chi connectivity index (χ2v) is 10.8. The lowest BCUT2D eigenvalue weighted by Gasteiger charge is -2.28. The molecular formula is C42H27NO. The molecule has 0 unspecified atom stereocenters. The molecule has 44 heavy (non-hydrogen) atoms. The molecule has 206 valence electrons. The zero-order valence-electron chi connectivity index (χ0n) is 30.4. The molecule has 2 heteroatoms. The van der Waals surface area contributed by atoms with Crippen molar-refractivity contribution in [3.8, 4) is 11.1 Å². The van der Waals surface area contributed by atoms with E-state index >= 15 is 0 Å². The smallest absolute Gasteiger partial charge is 0.159 e. The molecule has 0 saturated carbocycles. The Kier molecular flexibility index (Phi) is 4.17. The van der Waals surface area contributed by atoms with Crippen LogP contribution in [-0.2, 0) is 0 Å². The van der Waals surface area contributed by atoms with Crippen molar-refractivity contribution < 1.29 is 14.0 Å². The normalized spacial score (nSPS) is 13.9. The number of hydrogen-bond donors (Lipinski definition) is 0. The lowest BCUT2D eigenvalue weighted by molar-refractivity contribution is 0.669. The van der Waals surface area contributed by atoms with Gasteiger partial charge in [-0.2, -0.15) is 0 Å². The Hall–Kier alpha value is -5.86. The minimum Gasteiger partial charge on any atom is -0.454 e. The Morgan fingerprint density at radius 3 is 2.02 bits per heavy atom. The maximum absolute atomic E-state index is 9.37. The number of benzene rings is 8. The van der Waals surface area contributed by atoms with E-state index in [0.717, 1.165) is 43.4 Å². The van der Waals surface area contributed by atoms with Gasteiger partial charge in [0.25, 0.3) is 0 Å². The SMILES string of the molecule is [2H]c1c([2H])c([2H])c2c(oc3c(N(c4ccc(-c5cccc6ccccc56)cc4)c4cc5ccccc5c5ccccc45)c([2H])c([2H])c([2H])c32)c1[2H]. The monoisotopic (exact) mass is 568 g/mol. The van der Waals surface area contributed by atoms with Gasteiger partial charge in [0.2, 0.25) is 0 Å². The van der Waals surface area contributed by atoms with Crippen LogP contribution in [-0.4, -0.2) is 0 Å². The first-order valence-electron chi connectivity index (χ1n) is 18.0. The molecule has 0 amide bonds. The molecule has 1 aromatic heterocycles. The third kappa shape index (κ3) is 3.82. The van der Waals surface area contributed by atoms with Crippen LogP contribution in [0.25, 0.3) is 65.4 Å². The van der Waals surface area contributed by atoms with E-state index in [1.54, 1.807) is 0 Å². The molecule has 0 bridgehead atoms. The second kappa shape index (κ2) is 9.86. The fourth-order valence-electron chi connectivity index (χ4n) is 6.35. The van der Waals surface area contributed by atoms with Crippen LogP contribution in [0.4, 0.5) is 17.1 Å². The van der Waals surface area contributed by atoms with Gasteiger partial charge < -0.3 is 9.32 Å². The topological polar surface area (TPSA) is 16.4 Å². The zero-order chi connectivity index (χ0) is 35.1. The summed E-state index contributed by atoms with van der Waals surface area (Å²) in [6, 6.07) is 37.8. The Balaban J connectivity index is 1.40. The van der Waals surface area contributed by atoms with Crippen LogP contribution in [0.2, 0.25) is 0 Å². The van der Waals surface area contributed by atoms with E-state index in [2.05, 4.69) is 36.4 Å². The molecule has 9 rings (SSSR count). The van der Waals surface area contributed by atoms with E-state index < -0.39 is 12.1 Å². The van der Waals surface area contributed by atoms with E-state index in [1.807, 2.05) is 89.8 Å². The van der Waals surface area contributed by atoms with Crippen LogP contribution in [0.5, 0.6) is 0 Å². The van der Waals surface area contributed by atoms with Crippen LogP contribution >= 0.6 is 0 Å². The fraction of sp³-hybridized carbons (Fsp3) is 0. The van der Waals surface area contributed by atoms with Crippen molar-refractivity contribution in [1.29, 1.82) is 0 Å². The molecule has 1 heterocycles. The van der Waals surface area contributed by atoms with E-state index in [0.29, 0.717) is 11.4 Å². The number of nitrogens with zero attached hydrogens (tertiary/aromatic N) is 1. The predicted octanol–water partition coefficient (Wildman–Crippen LogP) is 12.2. The highest BCUT2D eigenvalue weighted by atomic mass is 16.3. The van der Waals surface area contributed by atoms with Crippen LogP contribution in [0.3, 0.4) is 0 Å². The summed E-state index contributed by atoms with van der Waals surface area (Å²) in [6.07, 6.45) is 0. The minimum atomic E-state index is -0.460. The average molecular weight is 569 g/mol. The fourth-order valence-corrected chi connectivity index (χ4v) is 6.35. The minimum absolute atomic E-state index is 0.0189. The van der Waals surface area contributed by atoms with Crippen molar-refractivity contribution in [2.45, 2.75) is 0 Å². The van der Waals surface area contributed by atoms with Crippen molar-refractivity contribution in [3.05, 3.63) is 164 Å². The van der Waals surface area contributed by atoms with Crippen molar-refractivity contribution in [1.82, 2.24) is 0 Å². The van der Waals surface area contributed by atoms with Gasteiger partial charge >= 0.3 is 0 Å². The summed E-state index contributed by atoms with van der Waals surface area (Å²) >= 11 is 0. The zero-order valence-corrected chi connectivity index (χ0v) is 23.4. The highest BCUT2D eigenvalue weighted by molar-refractivity contribution is 6.16. The summed E-state index contributed by atoms with van der Waals surface area (Å²) < 4.78 is 67.8. The van der Waals surface area contributed by atoms with Crippen molar-refractivity contribution in [2.75, 3.05) is 4.90 Å². The van der Waals surface area contributed by atoms with Crippen molar-refractivity contribution >= 4 is 71.3 Å². The lowest BCUT2D eigenvalue weighted by atomic mass is 9.97. The van der Waals surface area contributed by atoms with Crippen molar-refractivity contribution in [2.24, 2.45) is 0 Å². The number of furan rings is 1. The van der Waals surface area contributed by atoms with Crippen molar-refractivity contribution in [3.63, 3.8) is 0 Å². The van der Waals surface area contributed by atoms with E-state index in [1.165, 1.54) is 0 Å². The Morgan fingerprint density at radius 2 is 1.16 bits per heavy atom. The number of hydrogen-bond acceptors (Lipinski definition) is 2. The summed E-state index contributed by atoms with van der Waals surface area (Å²) in [5, 5.41) is 6.20. The van der Waals surface area contributed by atoms with Gasteiger partial charge in [-0.15, -0.1) is 0 Å². The van der Waals surface area contributed by atoms with E-state index in [4.69, 9.17) is 12.6 Å². The first-order valence-corrected chi connectivity index (χ1v) is 14.5. The van der Waals surface area contributed by atoms with Gasteiger partial charge in [0.15, 0.2) is 5.58 Å². The first kappa shape index (κ1) is 18.6. The lowest BCUT2D eigenvalue weighted by Crippen LogP contribution is -2.11. The van der Waals surface area contributed by atoms with Gasteiger partial charge in [-0.3, -0.25) is 0 Å². The average Bonchev–Trinajstić information content (AvgIpc) is 3.57. The Labute approximate surface area is 264 Å².